The van der Waals surface area contributed by atoms with Crippen molar-refractivity contribution in [3.8, 4) is 0 Å². The maximum absolute atomic E-state index is 12.1. The third-order valence-electron chi connectivity index (χ3n) is 5.56. The van der Waals surface area contributed by atoms with Gasteiger partial charge in [0.2, 0.25) is 5.91 Å². The molecule has 3 aliphatic rings. The molecule has 0 spiro atoms. The van der Waals surface area contributed by atoms with Crippen molar-refractivity contribution in [2.45, 2.75) is 82.5 Å². The second-order valence-electron chi connectivity index (χ2n) is 7.50. The molecule has 2 aliphatic carbocycles. The van der Waals surface area contributed by atoms with E-state index in [1.54, 1.807) is 0 Å². The van der Waals surface area contributed by atoms with Gasteiger partial charge in [-0.15, -0.1) is 0 Å². The van der Waals surface area contributed by atoms with Crippen LogP contribution in [-0.4, -0.2) is 41.0 Å². The number of nitrogens with two attached hydrogens (primary N) is 1. The minimum atomic E-state index is -0.435. The summed E-state index contributed by atoms with van der Waals surface area (Å²) < 4.78 is 0. The molecular weight excluding hydrogens is 250 g/mol. The van der Waals surface area contributed by atoms with Gasteiger partial charge in [-0.25, -0.2) is 0 Å². The maximum Gasteiger partial charge on any atom is 0.237 e. The van der Waals surface area contributed by atoms with Gasteiger partial charge in [0.25, 0.3) is 0 Å². The van der Waals surface area contributed by atoms with Gasteiger partial charge in [0, 0.05) is 24.7 Å². The SMILES string of the molecule is CC1CC(C)N(C2CCCC(NC3CC3)(C(N)=O)C2)C1. The first-order valence-electron chi connectivity index (χ1n) is 8.33. The molecule has 0 bridgehead atoms. The summed E-state index contributed by atoms with van der Waals surface area (Å²) in [5.41, 5.74) is 5.35. The summed E-state index contributed by atoms with van der Waals surface area (Å²) in [4.78, 5) is 14.7. The number of primary amides is 1. The molecule has 3 rings (SSSR count). The van der Waals surface area contributed by atoms with Crippen LogP contribution in [0, 0.1) is 5.92 Å². The van der Waals surface area contributed by atoms with Crippen LogP contribution >= 0.6 is 0 Å². The van der Waals surface area contributed by atoms with Crippen LogP contribution in [0.1, 0.15) is 58.8 Å². The highest BCUT2D eigenvalue weighted by Gasteiger charge is 2.47. The Labute approximate surface area is 122 Å². The lowest BCUT2D eigenvalue weighted by atomic mass is 9.77. The first kappa shape index (κ1) is 14.3. The summed E-state index contributed by atoms with van der Waals surface area (Å²) in [6, 6.07) is 1.72. The summed E-state index contributed by atoms with van der Waals surface area (Å²) in [5, 5.41) is 3.58. The van der Waals surface area contributed by atoms with Crippen molar-refractivity contribution in [1.82, 2.24) is 10.2 Å². The highest BCUT2D eigenvalue weighted by Crippen LogP contribution is 2.37. The Balaban J connectivity index is 1.72. The summed E-state index contributed by atoms with van der Waals surface area (Å²) in [5.74, 6) is 0.653. The fraction of sp³-hybridized carbons (Fsp3) is 0.938. The number of nitrogens with zero attached hydrogens (tertiary/aromatic N) is 1. The highest BCUT2D eigenvalue weighted by atomic mass is 16.1. The molecule has 4 nitrogen and oxygen atoms in total. The van der Waals surface area contributed by atoms with Crippen LogP contribution in [0.4, 0.5) is 0 Å². The zero-order valence-corrected chi connectivity index (χ0v) is 12.9. The molecule has 3 N–H and O–H groups in total. The molecule has 20 heavy (non-hydrogen) atoms. The van der Waals surface area contributed by atoms with Gasteiger partial charge in [0.05, 0.1) is 5.54 Å². The number of hydrogen-bond acceptors (Lipinski definition) is 3. The van der Waals surface area contributed by atoms with E-state index >= 15 is 0 Å². The van der Waals surface area contributed by atoms with E-state index in [9.17, 15) is 4.79 Å². The molecule has 114 valence electrons. The highest BCUT2D eigenvalue weighted by molar-refractivity contribution is 5.85. The molecule has 1 heterocycles. The molecule has 3 fully saturated rings. The molecule has 0 aromatic carbocycles. The lowest BCUT2D eigenvalue weighted by Gasteiger charge is -2.44. The number of nitrogens with one attached hydrogen (secondary N) is 1. The van der Waals surface area contributed by atoms with E-state index in [2.05, 4.69) is 24.1 Å². The maximum atomic E-state index is 12.1. The Morgan fingerprint density at radius 1 is 1.30 bits per heavy atom. The number of carbonyl (C=O) groups is 1. The van der Waals surface area contributed by atoms with Gasteiger partial charge in [0.15, 0.2) is 0 Å². The average molecular weight is 279 g/mol. The molecule has 4 heteroatoms. The first-order chi connectivity index (χ1) is 9.50. The van der Waals surface area contributed by atoms with Crippen molar-refractivity contribution >= 4 is 5.91 Å². The second kappa shape index (κ2) is 5.30. The molecule has 0 aromatic heterocycles. The van der Waals surface area contributed by atoms with Crippen LogP contribution in [0.3, 0.4) is 0 Å². The number of amides is 1. The van der Waals surface area contributed by atoms with Crippen molar-refractivity contribution in [2.24, 2.45) is 11.7 Å². The van der Waals surface area contributed by atoms with Crippen molar-refractivity contribution in [3.63, 3.8) is 0 Å². The van der Waals surface area contributed by atoms with Crippen LogP contribution in [0.2, 0.25) is 0 Å². The van der Waals surface area contributed by atoms with Gasteiger partial charge in [0.1, 0.15) is 0 Å². The molecular formula is C16H29N3O. The Bertz CT molecular complexity index is 382. The quantitative estimate of drug-likeness (QED) is 0.822. The first-order valence-corrected chi connectivity index (χ1v) is 8.33. The summed E-state index contributed by atoms with van der Waals surface area (Å²) >= 11 is 0. The van der Waals surface area contributed by atoms with Crippen molar-refractivity contribution < 1.29 is 4.79 Å². The molecule has 4 atom stereocenters. The third kappa shape index (κ3) is 2.73. The van der Waals surface area contributed by atoms with Crippen LogP contribution in [-0.2, 0) is 4.79 Å². The Morgan fingerprint density at radius 3 is 2.60 bits per heavy atom. The summed E-state index contributed by atoms with van der Waals surface area (Å²) in [6.07, 6.45) is 7.87. The van der Waals surface area contributed by atoms with Gasteiger partial charge in [-0.05, 0) is 57.8 Å². The summed E-state index contributed by atoms with van der Waals surface area (Å²) in [6.45, 7) is 5.85. The van der Waals surface area contributed by atoms with E-state index in [0.717, 1.165) is 25.2 Å². The van der Waals surface area contributed by atoms with E-state index < -0.39 is 5.54 Å². The third-order valence-corrected chi connectivity index (χ3v) is 5.56. The predicted molar refractivity (Wildman–Crippen MR) is 80.3 cm³/mol. The number of rotatable bonds is 4. The second-order valence-corrected chi connectivity index (χ2v) is 7.50. The van der Waals surface area contributed by atoms with E-state index in [-0.39, 0.29) is 5.91 Å². The van der Waals surface area contributed by atoms with E-state index in [1.165, 1.54) is 32.2 Å². The van der Waals surface area contributed by atoms with E-state index in [0.29, 0.717) is 18.1 Å². The molecule has 2 saturated carbocycles. The molecule has 4 unspecified atom stereocenters. The van der Waals surface area contributed by atoms with Crippen LogP contribution in [0.5, 0.6) is 0 Å². The molecule has 1 amide bonds. The number of hydrogen-bond donors (Lipinski definition) is 2. The fourth-order valence-corrected chi connectivity index (χ4v) is 4.41. The van der Waals surface area contributed by atoms with Gasteiger partial charge >= 0.3 is 0 Å². The summed E-state index contributed by atoms with van der Waals surface area (Å²) in [7, 11) is 0. The van der Waals surface area contributed by atoms with Crippen LogP contribution in [0.25, 0.3) is 0 Å². The molecule has 1 aliphatic heterocycles. The smallest absolute Gasteiger partial charge is 0.237 e. The van der Waals surface area contributed by atoms with Gasteiger partial charge in [-0.1, -0.05) is 6.92 Å². The minimum Gasteiger partial charge on any atom is -0.368 e. The number of carbonyl (C=O) groups excluding carboxylic acids is 1. The Morgan fingerprint density at radius 2 is 2.05 bits per heavy atom. The van der Waals surface area contributed by atoms with Gasteiger partial charge in [-0.3, -0.25) is 9.69 Å². The standard InChI is InChI=1S/C16H29N3O/c1-11-8-12(2)19(10-11)14-4-3-7-16(9-14,15(17)20)18-13-5-6-13/h11-14,18H,3-10H2,1-2H3,(H2,17,20). The van der Waals surface area contributed by atoms with Crippen LogP contribution < -0.4 is 11.1 Å². The van der Waals surface area contributed by atoms with Crippen molar-refractivity contribution in [3.05, 3.63) is 0 Å². The Kier molecular flexibility index (Phi) is 3.80. The normalized spacial score (nSPS) is 42.8. The topological polar surface area (TPSA) is 58.4 Å². The molecule has 1 saturated heterocycles. The zero-order chi connectivity index (χ0) is 14.3. The zero-order valence-electron chi connectivity index (χ0n) is 12.9. The molecule has 0 aromatic rings. The molecule has 0 radical (unpaired) electrons. The predicted octanol–water partition coefficient (Wildman–Crippen LogP) is 1.64. The van der Waals surface area contributed by atoms with Crippen molar-refractivity contribution in [1.29, 1.82) is 0 Å². The average Bonchev–Trinajstić information content (AvgIpc) is 3.13. The lowest BCUT2D eigenvalue weighted by Crippen LogP contribution is -2.61. The number of likely N-dealkylation sites (tertiary alicyclic amines) is 1. The van der Waals surface area contributed by atoms with Crippen LogP contribution in [0.15, 0.2) is 0 Å². The van der Waals surface area contributed by atoms with E-state index in [4.69, 9.17) is 5.73 Å². The van der Waals surface area contributed by atoms with E-state index in [1.807, 2.05) is 0 Å². The lowest BCUT2D eigenvalue weighted by molar-refractivity contribution is -0.127. The van der Waals surface area contributed by atoms with Gasteiger partial charge in [-0.2, -0.15) is 0 Å². The van der Waals surface area contributed by atoms with Crippen molar-refractivity contribution in [2.75, 3.05) is 6.54 Å². The monoisotopic (exact) mass is 279 g/mol. The fourth-order valence-electron chi connectivity index (χ4n) is 4.41. The minimum absolute atomic E-state index is 0.131. The largest absolute Gasteiger partial charge is 0.368 e. The van der Waals surface area contributed by atoms with Gasteiger partial charge < -0.3 is 11.1 Å². The Hall–Kier alpha value is -0.610.